The second kappa shape index (κ2) is 3.84. The van der Waals surface area contributed by atoms with Gasteiger partial charge < -0.3 is 15.5 Å². The number of nitrogens with one attached hydrogen (secondary N) is 1. The Morgan fingerprint density at radius 3 is 2.71 bits per heavy atom. The van der Waals surface area contributed by atoms with Crippen molar-refractivity contribution in [3.05, 3.63) is 24.2 Å². The highest BCUT2D eigenvalue weighted by Gasteiger charge is 2.24. The first-order chi connectivity index (χ1) is 6.41. The van der Waals surface area contributed by atoms with Gasteiger partial charge in [0.15, 0.2) is 0 Å². The predicted octanol–water partition coefficient (Wildman–Crippen LogP) is 1.19. The molecule has 0 aliphatic heterocycles. The Bertz CT molecular complexity index is 298. The van der Waals surface area contributed by atoms with Gasteiger partial charge in [-0.2, -0.15) is 0 Å². The SMILES string of the molecule is C[C@@H](NC(=O)C(C)(C)N)c1ccco1. The third-order valence-corrected chi connectivity index (χ3v) is 1.90. The Balaban J connectivity index is 2.58. The fraction of sp³-hybridized carbons (Fsp3) is 0.500. The van der Waals surface area contributed by atoms with Crippen molar-refractivity contribution in [1.82, 2.24) is 5.32 Å². The van der Waals surface area contributed by atoms with Crippen LogP contribution in [-0.4, -0.2) is 11.4 Å². The largest absolute Gasteiger partial charge is 0.467 e. The van der Waals surface area contributed by atoms with Crippen LogP contribution in [0.5, 0.6) is 0 Å². The average molecular weight is 196 g/mol. The zero-order valence-electron chi connectivity index (χ0n) is 8.70. The molecule has 1 amide bonds. The molecule has 0 aromatic carbocycles. The van der Waals surface area contributed by atoms with Gasteiger partial charge in [-0.25, -0.2) is 0 Å². The number of carbonyl (C=O) groups excluding carboxylic acids is 1. The number of furan rings is 1. The number of amides is 1. The summed E-state index contributed by atoms with van der Waals surface area (Å²) in [6, 6.07) is 3.44. The lowest BCUT2D eigenvalue weighted by molar-refractivity contribution is -0.126. The van der Waals surface area contributed by atoms with Crippen molar-refractivity contribution < 1.29 is 9.21 Å². The minimum Gasteiger partial charge on any atom is -0.467 e. The summed E-state index contributed by atoms with van der Waals surface area (Å²) in [5.74, 6) is 0.531. The second-order valence-electron chi connectivity index (χ2n) is 3.93. The van der Waals surface area contributed by atoms with Crippen LogP contribution in [0, 0.1) is 0 Å². The topological polar surface area (TPSA) is 68.3 Å². The highest BCUT2D eigenvalue weighted by atomic mass is 16.3. The molecule has 1 aromatic rings. The zero-order chi connectivity index (χ0) is 10.8. The molecule has 1 rings (SSSR count). The van der Waals surface area contributed by atoms with Crippen molar-refractivity contribution in [1.29, 1.82) is 0 Å². The van der Waals surface area contributed by atoms with E-state index in [-0.39, 0.29) is 11.9 Å². The van der Waals surface area contributed by atoms with E-state index in [0.29, 0.717) is 0 Å². The van der Waals surface area contributed by atoms with Crippen LogP contribution >= 0.6 is 0 Å². The van der Waals surface area contributed by atoms with Gasteiger partial charge >= 0.3 is 0 Å². The summed E-state index contributed by atoms with van der Waals surface area (Å²) in [6.07, 6.45) is 1.57. The Kier molecular flexibility index (Phi) is 2.96. The van der Waals surface area contributed by atoms with E-state index >= 15 is 0 Å². The molecular weight excluding hydrogens is 180 g/mol. The molecule has 4 nitrogen and oxygen atoms in total. The summed E-state index contributed by atoms with van der Waals surface area (Å²) in [5, 5.41) is 2.76. The maximum atomic E-state index is 11.5. The van der Waals surface area contributed by atoms with Gasteiger partial charge in [0.2, 0.25) is 5.91 Å². The molecule has 0 saturated heterocycles. The quantitative estimate of drug-likeness (QED) is 0.763. The molecule has 0 radical (unpaired) electrons. The molecule has 0 aliphatic rings. The summed E-state index contributed by atoms with van der Waals surface area (Å²) in [6.45, 7) is 5.18. The van der Waals surface area contributed by atoms with E-state index in [1.54, 1.807) is 26.2 Å². The highest BCUT2D eigenvalue weighted by molar-refractivity contribution is 5.85. The van der Waals surface area contributed by atoms with Gasteiger partial charge in [-0.1, -0.05) is 0 Å². The van der Waals surface area contributed by atoms with Crippen LogP contribution in [-0.2, 0) is 4.79 Å². The van der Waals surface area contributed by atoms with Crippen molar-refractivity contribution in [3.63, 3.8) is 0 Å². The Labute approximate surface area is 83.5 Å². The summed E-state index contributed by atoms with van der Waals surface area (Å²) in [5.41, 5.74) is 4.78. The van der Waals surface area contributed by atoms with Crippen molar-refractivity contribution in [2.45, 2.75) is 32.4 Å². The monoisotopic (exact) mass is 196 g/mol. The van der Waals surface area contributed by atoms with Crippen LogP contribution in [0.4, 0.5) is 0 Å². The van der Waals surface area contributed by atoms with Crippen molar-refractivity contribution >= 4 is 5.91 Å². The first-order valence-corrected chi connectivity index (χ1v) is 4.54. The number of nitrogens with two attached hydrogens (primary N) is 1. The van der Waals surface area contributed by atoms with Crippen molar-refractivity contribution in [2.75, 3.05) is 0 Å². The molecular formula is C10H16N2O2. The van der Waals surface area contributed by atoms with Crippen LogP contribution in [0.25, 0.3) is 0 Å². The summed E-state index contributed by atoms with van der Waals surface area (Å²) >= 11 is 0. The first-order valence-electron chi connectivity index (χ1n) is 4.54. The fourth-order valence-electron chi connectivity index (χ4n) is 0.991. The standard InChI is InChI=1S/C10H16N2O2/c1-7(8-5-4-6-14-8)12-9(13)10(2,3)11/h4-7H,11H2,1-3H3,(H,12,13)/t7-/m1/s1. The van der Waals surface area contributed by atoms with E-state index < -0.39 is 5.54 Å². The molecule has 14 heavy (non-hydrogen) atoms. The maximum Gasteiger partial charge on any atom is 0.240 e. The molecule has 3 N–H and O–H groups in total. The van der Waals surface area contributed by atoms with Gasteiger partial charge in [0.05, 0.1) is 17.8 Å². The molecule has 0 spiro atoms. The minimum absolute atomic E-state index is 0.152. The normalized spacial score (nSPS) is 13.7. The zero-order valence-corrected chi connectivity index (χ0v) is 8.70. The third kappa shape index (κ3) is 2.60. The van der Waals surface area contributed by atoms with E-state index in [4.69, 9.17) is 10.2 Å². The van der Waals surface area contributed by atoms with Gasteiger partial charge in [0.1, 0.15) is 5.76 Å². The van der Waals surface area contributed by atoms with Gasteiger partial charge in [-0.3, -0.25) is 4.79 Å². The van der Waals surface area contributed by atoms with Gasteiger partial charge in [-0.05, 0) is 32.9 Å². The predicted molar refractivity (Wildman–Crippen MR) is 53.5 cm³/mol. The molecule has 1 atom stereocenters. The first kappa shape index (κ1) is 10.8. The lowest BCUT2D eigenvalue weighted by atomic mass is 10.1. The Morgan fingerprint density at radius 2 is 2.29 bits per heavy atom. The number of hydrogen-bond donors (Lipinski definition) is 2. The second-order valence-corrected chi connectivity index (χ2v) is 3.93. The van der Waals surface area contributed by atoms with Crippen LogP contribution in [0.3, 0.4) is 0 Å². The van der Waals surface area contributed by atoms with E-state index in [2.05, 4.69) is 5.32 Å². The molecule has 0 aliphatic carbocycles. The number of carbonyl (C=O) groups is 1. The van der Waals surface area contributed by atoms with E-state index in [1.165, 1.54) is 0 Å². The number of hydrogen-bond acceptors (Lipinski definition) is 3. The molecule has 1 heterocycles. The van der Waals surface area contributed by atoms with Crippen LogP contribution in [0.1, 0.15) is 32.6 Å². The van der Waals surface area contributed by atoms with Crippen molar-refractivity contribution in [3.8, 4) is 0 Å². The van der Waals surface area contributed by atoms with E-state index in [9.17, 15) is 4.79 Å². The van der Waals surface area contributed by atoms with E-state index in [1.807, 2.05) is 13.0 Å². The number of rotatable bonds is 3. The molecule has 0 unspecified atom stereocenters. The smallest absolute Gasteiger partial charge is 0.240 e. The lowest BCUT2D eigenvalue weighted by Crippen LogP contribution is -2.49. The van der Waals surface area contributed by atoms with Crippen LogP contribution in [0.2, 0.25) is 0 Å². The maximum absolute atomic E-state index is 11.5. The molecule has 4 heteroatoms. The minimum atomic E-state index is -0.860. The van der Waals surface area contributed by atoms with E-state index in [0.717, 1.165) is 5.76 Å². The Hall–Kier alpha value is -1.29. The van der Waals surface area contributed by atoms with Gasteiger partial charge in [0, 0.05) is 0 Å². The Morgan fingerprint density at radius 1 is 1.64 bits per heavy atom. The van der Waals surface area contributed by atoms with Gasteiger partial charge in [0.25, 0.3) is 0 Å². The summed E-state index contributed by atoms with van der Waals surface area (Å²) in [4.78, 5) is 11.5. The van der Waals surface area contributed by atoms with Crippen LogP contribution < -0.4 is 11.1 Å². The molecule has 0 bridgehead atoms. The summed E-state index contributed by atoms with van der Waals surface area (Å²) in [7, 11) is 0. The summed E-state index contributed by atoms with van der Waals surface area (Å²) < 4.78 is 5.15. The lowest BCUT2D eigenvalue weighted by Gasteiger charge is -2.20. The molecule has 0 saturated carbocycles. The van der Waals surface area contributed by atoms with Gasteiger partial charge in [-0.15, -0.1) is 0 Å². The van der Waals surface area contributed by atoms with Crippen molar-refractivity contribution in [2.24, 2.45) is 5.73 Å². The molecule has 1 aromatic heterocycles. The average Bonchev–Trinajstić information content (AvgIpc) is 2.53. The molecule has 78 valence electrons. The third-order valence-electron chi connectivity index (χ3n) is 1.90. The molecule has 0 fully saturated rings. The highest BCUT2D eigenvalue weighted by Crippen LogP contribution is 2.13. The van der Waals surface area contributed by atoms with Crippen LogP contribution in [0.15, 0.2) is 22.8 Å². The fourth-order valence-corrected chi connectivity index (χ4v) is 0.991.